The van der Waals surface area contributed by atoms with Crippen molar-refractivity contribution in [3.05, 3.63) is 70.7 Å². The summed E-state index contributed by atoms with van der Waals surface area (Å²) in [6.45, 7) is 4.54. The first kappa shape index (κ1) is 16.4. The van der Waals surface area contributed by atoms with Crippen molar-refractivity contribution >= 4 is 33.0 Å². The lowest BCUT2D eigenvalue weighted by atomic mass is 10.0. The minimum Gasteiger partial charge on any atom is -0.346 e. The van der Waals surface area contributed by atoms with Crippen LogP contribution in [0.25, 0.3) is 15.8 Å². The Morgan fingerprint density at radius 1 is 1.17 bits per heavy atom. The van der Waals surface area contributed by atoms with Crippen LogP contribution in [0.15, 0.2) is 54.6 Å². The molecule has 0 aliphatic heterocycles. The largest absolute Gasteiger partial charge is 0.346 e. The maximum Gasteiger partial charge on any atom is 0.244 e. The van der Waals surface area contributed by atoms with E-state index in [-0.39, 0.29) is 5.91 Å². The number of aromatic nitrogens is 1. The van der Waals surface area contributed by atoms with Gasteiger partial charge in [-0.15, -0.1) is 11.3 Å². The third kappa shape index (κ3) is 3.89. The van der Waals surface area contributed by atoms with E-state index >= 15 is 0 Å². The van der Waals surface area contributed by atoms with Gasteiger partial charge in [0.2, 0.25) is 5.91 Å². The number of rotatable bonds is 5. The van der Waals surface area contributed by atoms with Crippen molar-refractivity contribution in [2.75, 3.05) is 0 Å². The predicted octanol–water partition coefficient (Wildman–Crippen LogP) is 4.58. The molecule has 3 nitrogen and oxygen atoms in total. The molecule has 0 unspecified atom stereocenters. The number of carbonyl (C=O) groups excluding carboxylic acids is 1. The zero-order chi connectivity index (χ0) is 16.9. The molecule has 2 aromatic carbocycles. The van der Waals surface area contributed by atoms with Crippen LogP contribution < -0.4 is 5.32 Å². The SMILES string of the molecule is CCc1ccc(C(C)=CC(=O)NCc2nc3ccccc3s2)cc1. The van der Waals surface area contributed by atoms with E-state index in [4.69, 9.17) is 0 Å². The van der Waals surface area contributed by atoms with Crippen molar-refractivity contribution < 1.29 is 4.79 Å². The summed E-state index contributed by atoms with van der Waals surface area (Å²) < 4.78 is 1.14. The van der Waals surface area contributed by atoms with E-state index in [0.29, 0.717) is 6.54 Å². The predicted molar refractivity (Wildman–Crippen MR) is 101 cm³/mol. The molecule has 0 saturated carbocycles. The number of hydrogen-bond acceptors (Lipinski definition) is 3. The Morgan fingerprint density at radius 3 is 2.62 bits per heavy atom. The second-order valence-electron chi connectivity index (χ2n) is 5.67. The highest BCUT2D eigenvalue weighted by atomic mass is 32.1. The number of amides is 1. The van der Waals surface area contributed by atoms with Gasteiger partial charge in [0.05, 0.1) is 16.8 Å². The van der Waals surface area contributed by atoms with Gasteiger partial charge in [-0.05, 0) is 42.2 Å². The van der Waals surface area contributed by atoms with Gasteiger partial charge in [0.25, 0.3) is 0 Å². The van der Waals surface area contributed by atoms with Crippen molar-refractivity contribution in [1.82, 2.24) is 10.3 Å². The van der Waals surface area contributed by atoms with Crippen molar-refractivity contribution in [3.8, 4) is 0 Å². The summed E-state index contributed by atoms with van der Waals surface area (Å²) in [5, 5.41) is 3.84. The van der Waals surface area contributed by atoms with Crippen molar-refractivity contribution in [1.29, 1.82) is 0 Å². The summed E-state index contributed by atoms with van der Waals surface area (Å²) >= 11 is 1.61. The number of para-hydroxylation sites is 1. The van der Waals surface area contributed by atoms with Crippen LogP contribution in [0.4, 0.5) is 0 Å². The van der Waals surface area contributed by atoms with Crippen LogP contribution in [0.3, 0.4) is 0 Å². The molecule has 0 spiro atoms. The average molecular weight is 336 g/mol. The van der Waals surface area contributed by atoms with E-state index in [0.717, 1.165) is 32.8 Å². The first-order valence-corrected chi connectivity index (χ1v) is 8.87. The minimum atomic E-state index is -0.0914. The Bertz CT molecular complexity index is 845. The van der Waals surface area contributed by atoms with Crippen LogP contribution in [0.1, 0.15) is 30.0 Å². The van der Waals surface area contributed by atoms with Crippen LogP contribution >= 0.6 is 11.3 Å². The van der Waals surface area contributed by atoms with E-state index < -0.39 is 0 Å². The molecule has 0 atom stereocenters. The Labute approximate surface area is 146 Å². The molecule has 0 bridgehead atoms. The van der Waals surface area contributed by atoms with Gasteiger partial charge < -0.3 is 5.32 Å². The van der Waals surface area contributed by atoms with Gasteiger partial charge in [0.1, 0.15) is 5.01 Å². The second kappa shape index (κ2) is 7.41. The molecule has 3 aromatic rings. The summed E-state index contributed by atoms with van der Waals surface area (Å²) in [7, 11) is 0. The van der Waals surface area contributed by atoms with E-state index in [9.17, 15) is 4.79 Å². The highest BCUT2D eigenvalue weighted by Crippen LogP contribution is 2.21. The molecule has 1 aromatic heterocycles. The van der Waals surface area contributed by atoms with Crippen LogP contribution in [0.2, 0.25) is 0 Å². The Balaban J connectivity index is 1.63. The number of allylic oxidation sites excluding steroid dienone is 1. The van der Waals surface area contributed by atoms with E-state index in [1.165, 1.54) is 5.56 Å². The summed E-state index contributed by atoms with van der Waals surface area (Å²) in [5.74, 6) is -0.0914. The molecular formula is C20H20N2OS. The topological polar surface area (TPSA) is 42.0 Å². The third-order valence-electron chi connectivity index (χ3n) is 3.92. The lowest BCUT2D eigenvalue weighted by molar-refractivity contribution is -0.116. The quantitative estimate of drug-likeness (QED) is 0.693. The second-order valence-corrected chi connectivity index (χ2v) is 6.79. The van der Waals surface area contributed by atoms with Crippen LogP contribution in [0.5, 0.6) is 0 Å². The monoisotopic (exact) mass is 336 g/mol. The zero-order valence-corrected chi connectivity index (χ0v) is 14.7. The van der Waals surface area contributed by atoms with Gasteiger partial charge in [-0.2, -0.15) is 0 Å². The minimum absolute atomic E-state index is 0.0914. The number of nitrogens with one attached hydrogen (secondary N) is 1. The number of fused-ring (bicyclic) bond motifs is 1. The molecule has 1 heterocycles. The Hall–Kier alpha value is -2.46. The Kier molecular flexibility index (Phi) is 5.06. The summed E-state index contributed by atoms with van der Waals surface area (Å²) in [5.41, 5.74) is 4.31. The molecule has 24 heavy (non-hydrogen) atoms. The first-order valence-electron chi connectivity index (χ1n) is 8.05. The highest BCUT2D eigenvalue weighted by Gasteiger charge is 2.05. The first-order chi connectivity index (χ1) is 11.7. The number of nitrogens with zero attached hydrogens (tertiary/aromatic N) is 1. The van der Waals surface area contributed by atoms with E-state index in [2.05, 4.69) is 41.5 Å². The molecule has 0 saturated heterocycles. The fraction of sp³-hybridized carbons (Fsp3) is 0.200. The number of thiazole rings is 1. The van der Waals surface area contributed by atoms with Gasteiger partial charge >= 0.3 is 0 Å². The molecule has 0 fully saturated rings. The molecule has 122 valence electrons. The summed E-state index contributed by atoms with van der Waals surface area (Å²) in [4.78, 5) is 16.7. The number of benzene rings is 2. The van der Waals surface area contributed by atoms with Crippen molar-refractivity contribution in [2.24, 2.45) is 0 Å². The number of carbonyl (C=O) groups is 1. The average Bonchev–Trinajstić information content (AvgIpc) is 3.03. The van der Waals surface area contributed by atoms with Gasteiger partial charge in [0.15, 0.2) is 0 Å². The fourth-order valence-electron chi connectivity index (χ4n) is 2.49. The standard InChI is InChI=1S/C20H20N2OS/c1-3-15-8-10-16(11-9-15)14(2)12-19(23)21-13-20-22-17-6-4-5-7-18(17)24-20/h4-12H,3,13H2,1-2H3,(H,21,23). The van der Waals surface area contributed by atoms with Gasteiger partial charge in [-0.25, -0.2) is 4.98 Å². The van der Waals surface area contributed by atoms with Crippen LogP contribution in [-0.2, 0) is 17.8 Å². The van der Waals surface area contributed by atoms with Crippen molar-refractivity contribution in [2.45, 2.75) is 26.8 Å². The maximum absolute atomic E-state index is 12.1. The lowest BCUT2D eigenvalue weighted by Crippen LogP contribution is -2.20. The molecule has 0 aliphatic carbocycles. The van der Waals surface area contributed by atoms with Crippen LogP contribution in [0, 0.1) is 0 Å². The third-order valence-corrected chi connectivity index (χ3v) is 4.95. The van der Waals surface area contributed by atoms with Gasteiger partial charge in [-0.1, -0.05) is 43.3 Å². The molecule has 1 amide bonds. The lowest BCUT2D eigenvalue weighted by Gasteiger charge is -2.04. The normalized spacial score (nSPS) is 11.7. The molecular weight excluding hydrogens is 316 g/mol. The van der Waals surface area contributed by atoms with Gasteiger partial charge in [0, 0.05) is 6.08 Å². The molecule has 3 rings (SSSR count). The van der Waals surface area contributed by atoms with E-state index in [1.807, 2.05) is 31.2 Å². The maximum atomic E-state index is 12.1. The highest BCUT2D eigenvalue weighted by molar-refractivity contribution is 7.18. The molecule has 0 radical (unpaired) electrons. The number of hydrogen-bond donors (Lipinski definition) is 1. The van der Waals surface area contributed by atoms with Gasteiger partial charge in [-0.3, -0.25) is 4.79 Å². The Morgan fingerprint density at radius 2 is 1.92 bits per heavy atom. The molecule has 4 heteroatoms. The summed E-state index contributed by atoms with van der Waals surface area (Å²) in [6.07, 6.45) is 2.67. The van der Waals surface area contributed by atoms with E-state index in [1.54, 1.807) is 17.4 Å². The fourth-order valence-corrected chi connectivity index (χ4v) is 3.40. The molecule has 0 aliphatic rings. The number of aryl methyl sites for hydroxylation is 1. The molecule has 1 N–H and O–H groups in total. The summed E-state index contributed by atoms with van der Waals surface area (Å²) in [6, 6.07) is 16.3. The smallest absolute Gasteiger partial charge is 0.244 e. The zero-order valence-electron chi connectivity index (χ0n) is 13.9. The van der Waals surface area contributed by atoms with Crippen molar-refractivity contribution in [3.63, 3.8) is 0 Å². The van der Waals surface area contributed by atoms with Crippen LogP contribution in [-0.4, -0.2) is 10.9 Å².